The maximum Gasteiger partial charge on any atom is 0.204 e. The van der Waals surface area contributed by atoms with Gasteiger partial charge in [-0.05, 0) is 98.8 Å². The van der Waals surface area contributed by atoms with Crippen molar-refractivity contribution < 1.29 is 4.79 Å². The van der Waals surface area contributed by atoms with Gasteiger partial charge in [-0.1, -0.05) is 18.2 Å². The number of nitrogens with zero attached hydrogens (tertiary/aromatic N) is 1. The van der Waals surface area contributed by atoms with Gasteiger partial charge in [-0.3, -0.25) is 4.79 Å². The molecule has 35 heavy (non-hydrogen) atoms. The van der Waals surface area contributed by atoms with Gasteiger partial charge in [0.25, 0.3) is 0 Å². The summed E-state index contributed by atoms with van der Waals surface area (Å²) in [5, 5.41) is 6.70. The average molecular weight is 466 g/mol. The molecule has 0 saturated carbocycles. The highest BCUT2D eigenvalue weighted by Crippen LogP contribution is 2.30. The fraction of sp³-hybridized carbons (Fsp3) is 0.172. The number of nitrogens with one attached hydrogen (secondary N) is 2. The minimum Gasteiger partial charge on any atom is -0.399 e. The van der Waals surface area contributed by atoms with Crippen LogP contribution in [0.15, 0.2) is 77.1 Å². The molecule has 6 nitrogen and oxygen atoms in total. The highest BCUT2D eigenvalue weighted by molar-refractivity contribution is 6.24. The predicted molar refractivity (Wildman–Crippen MR) is 147 cm³/mol. The highest BCUT2D eigenvalue weighted by Gasteiger charge is 2.21. The molecule has 0 radical (unpaired) electrons. The first-order valence-electron chi connectivity index (χ1n) is 11.5. The van der Waals surface area contributed by atoms with E-state index in [4.69, 9.17) is 16.5 Å². The molecular formula is C29H31N5O. The maximum atomic E-state index is 13.2. The number of aliphatic imine (C=N–C) groups is 1. The fourth-order valence-electron chi connectivity index (χ4n) is 3.92. The number of ketones is 1. The minimum atomic E-state index is -0.140. The smallest absolute Gasteiger partial charge is 0.204 e. The summed E-state index contributed by atoms with van der Waals surface area (Å²) < 4.78 is 0. The van der Waals surface area contributed by atoms with Crippen molar-refractivity contribution in [3.63, 3.8) is 0 Å². The van der Waals surface area contributed by atoms with Gasteiger partial charge < -0.3 is 22.1 Å². The van der Waals surface area contributed by atoms with Crippen LogP contribution < -0.4 is 22.1 Å². The Morgan fingerprint density at radius 1 is 0.657 bits per heavy atom. The molecule has 0 saturated heterocycles. The number of hydrogen-bond donors (Lipinski definition) is 4. The zero-order valence-corrected chi connectivity index (χ0v) is 20.8. The molecule has 6 heteroatoms. The first-order chi connectivity index (χ1) is 16.7. The monoisotopic (exact) mass is 465 g/mol. The van der Waals surface area contributed by atoms with Crippen molar-refractivity contribution in [2.24, 2.45) is 4.99 Å². The third-order valence-electron chi connectivity index (χ3n) is 6.65. The van der Waals surface area contributed by atoms with Crippen LogP contribution >= 0.6 is 0 Å². The van der Waals surface area contributed by atoms with Gasteiger partial charge in [0.2, 0.25) is 5.78 Å². The zero-order chi connectivity index (χ0) is 25.3. The van der Waals surface area contributed by atoms with Crippen molar-refractivity contribution in [3.8, 4) is 0 Å². The molecule has 0 unspecified atom stereocenters. The third kappa shape index (κ3) is 4.82. The van der Waals surface area contributed by atoms with Gasteiger partial charge in [-0.2, -0.15) is 0 Å². The molecule has 0 aliphatic heterocycles. The standard InChI is InChI=1S/C29H31N5O/c1-16-8-6-7-9-23(16)32-27-15-29(35)28(34-25-13-11-22(31)18(3)20(25)5)14-26(27)33-24-12-10-21(30)17(2)19(24)4/h6-15,32,34H,30-31H2,1-5H3/b33-26+. The second-order valence-corrected chi connectivity index (χ2v) is 8.92. The molecule has 0 bridgehead atoms. The number of aryl methyl sites for hydroxylation is 1. The van der Waals surface area contributed by atoms with Crippen molar-refractivity contribution in [1.82, 2.24) is 0 Å². The molecule has 178 valence electrons. The van der Waals surface area contributed by atoms with E-state index < -0.39 is 0 Å². The molecule has 4 rings (SSSR count). The Kier molecular flexibility index (Phi) is 6.47. The molecule has 3 aromatic rings. The lowest BCUT2D eigenvalue weighted by molar-refractivity contribution is -0.111. The van der Waals surface area contributed by atoms with E-state index in [1.54, 1.807) is 12.2 Å². The van der Waals surface area contributed by atoms with E-state index in [2.05, 4.69) is 10.6 Å². The Morgan fingerprint density at radius 3 is 2.00 bits per heavy atom. The van der Waals surface area contributed by atoms with Crippen LogP contribution in [-0.2, 0) is 4.79 Å². The summed E-state index contributed by atoms with van der Waals surface area (Å²) >= 11 is 0. The predicted octanol–water partition coefficient (Wildman–Crippen LogP) is 6.04. The van der Waals surface area contributed by atoms with Crippen LogP contribution in [0.1, 0.15) is 27.8 Å². The molecule has 0 atom stereocenters. The Morgan fingerprint density at radius 2 is 1.29 bits per heavy atom. The Labute approximate surface area is 206 Å². The summed E-state index contributed by atoms with van der Waals surface area (Å²) in [6.45, 7) is 9.96. The molecule has 3 aromatic carbocycles. The lowest BCUT2D eigenvalue weighted by Crippen LogP contribution is -2.22. The van der Waals surface area contributed by atoms with Crippen molar-refractivity contribution in [2.75, 3.05) is 22.1 Å². The van der Waals surface area contributed by atoms with E-state index in [1.807, 2.05) is 83.1 Å². The number of carbonyl (C=O) groups is 1. The van der Waals surface area contributed by atoms with E-state index in [0.29, 0.717) is 17.1 Å². The van der Waals surface area contributed by atoms with Crippen molar-refractivity contribution in [2.45, 2.75) is 34.6 Å². The molecule has 1 aliphatic rings. The number of allylic oxidation sites excluding steroid dienone is 2. The average Bonchev–Trinajstić information content (AvgIpc) is 2.83. The first kappa shape index (κ1) is 23.8. The third-order valence-corrected chi connectivity index (χ3v) is 6.65. The Hall–Kier alpha value is -4.32. The van der Waals surface area contributed by atoms with Crippen LogP contribution in [0, 0.1) is 34.6 Å². The van der Waals surface area contributed by atoms with Gasteiger partial charge in [0.1, 0.15) is 0 Å². The molecule has 0 fully saturated rings. The molecule has 0 amide bonds. The lowest BCUT2D eigenvalue weighted by atomic mass is 10.0. The number of benzene rings is 3. The van der Waals surface area contributed by atoms with E-state index in [9.17, 15) is 4.79 Å². The topological polar surface area (TPSA) is 106 Å². The quantitative estimate of drug-likeness (QED) is 0.271. The van der Waals surface area contributed by atoms with Crippen molar-refractivity contribution in [1.29, 1.82) is 0 Å². The van der Waals surface area contributed by atoms with Gasteiger partial charge in [-0.15, -0.1) is 0 Å². The van der Waals surface area contributed by atoms with Gasteiger partial charge in [0, 0.05) is 28.8 Å². The highest BCUT2D eigenvalue weighted by atomic mass is 16.1. The Balaban J connectivity index is 1.79. The fourth-order valence-corrected chi connectivity index (χ4v) is 3.92. The van der Waals surface area contributed by atoms with Crippen molar-refractivity contribution >= 4 is 39.9 Å². The molecule has 6 N–H and O–H groups in total. The lowest BCUT2D eigenvalue weighted by Gasteiger charge is -2.21. The van der Waals surface area contributed by atoms with Crippen molar-refractivity contribution in [3.05, 3.63) is 99.9 Å². The first-order valence-corrected chi connectivity index (χ1v) is 11.5. The van der Waals surface area contributed by atoms with E-state index in [0.717, 1.165) is 56.3 Å². The molecule has 0 aromatic heterocycles. The van der Waals surface area contributed by atoms with E-state index in [1.165, 1.54) is 0 Å². The van der Waals surface area contributed by atoms with Gasteiger partial charge in [0.15, 0.2) is 0 Å². The number of nitrogens with two attached hydrogens (primary N) is 2. The Bertz CT molecular complexity index is 1430. The van der Waals surface area contributed by atoms with E-state index >= 15 is 0 Å². The maximum absolute atomic E-state index is 13.2. The number of nitrogen functional groups attached to an aromatic ring is 2. The number of anilines is 4. The van der Waals surface area contributed by atoms with Gasteiger partial charge in [0.05, 0.1) is 22.8 Å². The summed E-state index contributed by atoms with van der Waals surface area (Å²) in [5.41, 5.74) is 22.9. The number of para-hydroxylation sites is 1. The van der Waals surface area contributed by atoms with E-state index in [-0.39, 0.29) is 5.78 Å². The second-order valence-electron chi connectivity index (χ2n) is 8.92. The molecule has 0 heterocycles. The minimum absolute atomic E-state index is 0.140. The molecule has 1 aliphatic carbocycles. The number of rotatable bonds is 5. The van der Waals surface area contributed by atoms with Crippen LogP contribution in [0.5, 0.6) is 0 Å². The SMILES string of the molecule is Cc1ccccc1NC1=CC(=O)C(Nc2ccc(N)c(C)c2C)=C/C1=N\c1ccc(N)c(C)c1C. The molecule has 0 spiro atoms. The second kappa shape index (κ2) is 9.50. The van der Waals surface area contributed by atoms with Crippen LogP contribution in [0.25, 0.3) is 0 Å². The van der Waals surface area contributed by atoms with Crippen LogP contribution in [0.3, 0.4) is 0 Å². The van der Waals surface area contributed by atoms with Crippen LogP contribution in [0.4, 0.5) is 28.4 Å². The van der Waals surface area contributed by atoms with Gasteiger partial charge in [-0.25, -0.2) is 4.99 Å². The summed E-state index contributed by atoms with van der Waals surface area (Å²) in [4.78, 5) is 18.1. The van der Waals surface area contributed by atoms with Crippen LogP contribution in [-0.4, -0.2) is 11.5 Å². The molecular weight excluding hydrogens is 434 g/mol. The number of hydrogen-bond acceptors (Lipinski definition) is 6. The number of carbonyl (C=O) groups excluding carboxylic acids is 1. The summed E-state index contributed by atoms with van der Waals surface area (Å²) in [5.74, 6) is -0.140. The largest absolute Gasteiger partial charge is 0.399 e. The normalized spacial score (nSPS) is 14.5. The summed E-state index contributed by atoms with van der Waals surface area (Å²) in [6, 6.07) is 15.4. The van der Waals surface area contributed by atoms with Gasteiger partial charge >= 0.3 is 0 Å². The summed E-state index contributed by atoms with van der Waals surface area (Å²) in [6.07, 6.45) is 3.38. The van der Waals surface area contributed by atoms with Crippen LogP contribution in [0.2, 0.25) is 0 Å². The zero-order valence-electron chi connectivity index (χ0n) is 20.8. The summed E-state index contributed by atoms with van der Waals surface area (Å²) in [7, 11) is 0.